The highest BCUT2D eigenvalue weighted by molar-refractivity contribution is 5.94. The zero-order valence-corrected chi connectivity index (χ0v) is 15.9. The molecule has 1 N–H and O–H groups in total. The minimum atomic E-state index is -0.691. The lowest BCUT2D eigenvalue weighted by atomic mass is 10.0. The highest BCUT2D eigenvalue weighted by Gasteiger charge is 2.35. The Morgan fingerprint density at radius 1 is 1.41 bits per heavy atom. The third-order valence-electron chi connectivity index (χ3n) is 5.37. The fourth-order valence-electron chi connectivity index (χ4n) is 3.75. The Morgan fingerprint density at radius 3 is 2.97 bits per heavy atom. The molecule has 0 spiro atoms. The summed E-state index contributed by atoms with van der Waals surface area (Å²) in [7, 11) is 0. The van der Waals surface area contributed by atoms with Crippen LogP contribution in [0.15, 0.2) is 22.7 Å². The van der Waals surface area contributed by atoms with Gasteiger partial charge in [-0.1, -0.05) is 5.16 Å². The van der Waals surface area contributed by atoms with Crippen molar-refractivity contribution < 1.29 is 18.5 Å². The molecule has 1 atom stereocenters. The molecule has 0 saturated carbocycles. The number of nitriles is 1. The highest BCUT2D eigenvalue weighted by Crippen LogP contribution is 2.33. The van der Waals surface area contributed by atoms with Crippen LogP contribution in [0.25, 0.3) is 0 Å². The molecule has 9 heteroatoms. The molecule has 1 aromatic heterocycles. The maximum Gasteiger partial charge on any atom is 0.322 e. The first-order chi connectivity index (χ1) is 14.0. The minimum absolute atomic E-state index is 0.00196. The quantitative estimate of drug-likeness (QED) is 0.838. The average Bonchev–Trinajstić information content (AvgIpc) is 3.10. The Balaban J connectivity index is 1.54. The Hall–Kier alpha value is -3.41. The van der Waals surface area contributed by atoms with E-state index in [2.05, 4.69) is 10.5 Å². The first-order valence-electron chi connectivity index (χ1n) is 9.53. The van der Waals surface area contributed by atoms with Gasteiger partial charge in [0.05, 0.1) is 23.4 Å². The number of nitrogens with one attached hydrogen (secondary N) is 1. The second-order valence-corrected chi connectivity index (χ2v) is 7.33. The van der Waals surface area contributed by atoms with Crippen molar-refractivity contribution in [1.82, 2.24) is 10.1 Å². The van der Waals surface area contributed by atoms with Crippen LogP contribution < -0.4 is 10.2 Å². The van der Waals surface area contributed by atoms with E-state index >= 15 is 0 Å². The van der Waals surface area contributed by atoms with Crippen LogP contribution in [0, 0.1) is 17.1 Å². The molecule has 1 fully saturated rings. The molecule has 1 aromatic carbocycles. The monoisotopic (exact) mass is 397 g/mol. The number of carbonyl (C=O) groups is 2. The van der Waals surface area contributed by atoms with Gasteiger partial charge in [-0.15, -0.1) is 0 Å². The largest absolute Gasteiger partial charge is 0.338 e. The van der Waals surface area contributed by atoms with Crippen molar-refractivity contribution in [2.24, 2.45) is 0 Å². The molecule has 4 rings (SSSR count). The van der Waals surface area contributed by atoms with Crippen molar-refractivity contribution in [2.75, 3.05) is 16.8 Å². The van der Waals surface area contributed by atoms with Crippen LogP contribution in [-0.4, -0.2) is 34.6 Å². The first-order valence-corrected chi connectivity index (χ1v) is 9.53. The Bertz CT molecular complexity index is 1010. The number of aromatic nitrogens is 1. The number of anilines is 2. The molecular weight excluding hydrogens is 377 g/mol. The smallest absolute Gasteiger partial charge is 0.322 e. The van der Waals surface area contributed by atoms with Crippen LogP contribution in [-0.2, 0) is 17.8 Å². The van der Waals surface area contributed by atoms with Gasteiger partial charge in [0, 0.05) is 31.1 Å². The van der Waals surface area contributed by atoms with Crippen molar-refractivity contribution in [3.05, 3.63) is 40.8 Å². The Morgan fingerprint density at radius 2 is 2.24 bits per heavy atom. The fourth-order valence-corrected chi connectivity index (χ4v) is 3.75. The molecule has 2 aliphatic rings. The normalized spacial score (nSPS) is 18.9. The number of hydrogen-bond acceptors (Lipinski definition) is 5. The van der Waals surface area contributed by atoms with Gasteiger partial charge in [-0.3, -0.25) is 9.69 Å². The number of amides is 3. The number of nitrogens with zero attached hydrogens (tertiary/aromatic N) is 4. The maximum atomic E-state index is 13.8. The lowest BCUT2D eigenvalue weighted by Gasteiger charge is -2.33. The lowest BCUT2D eigenvalue weighted by Crippen LogP contribution is -2.45. The summed E-state index contributed by atoms with van der Waals surface area (Å²) < 4.78 is 19.3. The zero-order chi connectivity index (χ0) is 20.5. The van der Waals surface area contributed by atoms with E-state index in [-0.39, 0.29) is 29.7 Å². The molecule has 29 heavy (non-hydrogen) atoms. The molecule has 0 bridgehead atoms. The molecule has 0 radical (unpaired) electrons. The van der Waals surface area contributed by atoms with Gasteiger partial charge in [0.2, 0.25) is 11.8 Å². The highest BCUT2D eigenvalue weighted by atomic mass is 19.1. The van der Waals surface area contributed by atoms with Gasteiger partial charge in [0.25, 0.3) is 0 Å². The zero-order valence-electron chi connectivity index (χ0n) is 15.9. The van der Waals surface area contributed by atoms with Crippen LogP contribution in [0.3, 0.4) is 0 Å². The van der Waals surface area contributed by atoms with E-state index in [1.54, 1.807) is 15.9 Å². The number of halogens is 1. The average molecular weight is 397 g/mol. The molecule has 0 aliphatic carbocycles. The number of benzene rings is 1. The van der Waals surface area contributed by atoms with Gasteiger partial charge in [-0.05, 0) is 38.0 Å². The van der Waals surface area contributed by atoms with Crippen molar-refractivity contribution in [3.63, 3.8) is 0 Å². The van der Waals surface area contributed by atoms with Crippen LogP contribution >= 0.6 is 0 Å². The van der Waals surface area contributed by atoms with E-state index in [4.69, 9.17) is 9.78 Å². The van der Waals surface area contributed by atoms with E-state index in [9.17, 15) is 14.0 Å². The fraction of sp³-hybridized carbons (Fsp3) is 0.400. The van der Waals surface area contributed by atoms with E-state index in [1.807, 2.05) is 6.92 Å². The number of piperidine rings is 1. The summed E-state index contributed by atoms with van der Waals surface area (Å²) in [6, 6.07) is 5.12. The van der Waals surface area contributed by atoms with Gasteiger partial charge >= 0.3 is 6.03 Å². The number of rotatable bonds is 2. The summed E-state index contributed by atoms with van der Waals surface area (Å²) in [6.07, 6.45) is 2.72. The SMILES string of the molecule is C[C@H]1Cc2noc(N3CCCCC3=O)c2CN1C(=O)Nc1ccc(C#N)c(F)c1. The van der Waals surface area contributed by atoms with Crippen LogP contribution in [0.2, 0.25) is 0 Å². The number of carbonyl (C=O) groups excluding carboxylic acids is 2. The molecule has 3 heterocycles. The van der Waals surface area contributed by atoms with Crippen LogP contribution in [0.4, 0.5) is 20.8 Å². The minimum Gasteiger partial charge on any atom is -0.338 e. The number of urea groups is 1. The molecule has 2 aromatic rings. The van der Waals surface area contributed by atoms with Gasteiger partial charge in [-0.25, -0.2) is 9.18 Å². The number of fused-ring (bicyclic) bond motifs is 1. The number of hydrogen-bond donors (Lipinski definition) is 1. The van der Waals surface area contributed by atoms with E-state index < -0.39 is 11.8 Å². The van der Waals surface area contributed by atoms with Gasteiger partial charge in [0.15, 0.2) is 0 Å². The molecule has 150 valence electrons. The third-order valence-corrected chi connectivity index (χ3v) is 5.37. The second kappa shape index (κ2) is 7.54. The van der Waals surface area contributed by atoms with Crippen molar-refractivity contribution in [3.8, 4) is 6.07 Å². The maximum absolute atomic E-state index is 13.8. The van der Waals surface area contributed by atoms with Crippen molar-refractivity contribution in [1.29, 1.82) is 5.26 Å². The molecule has 0 unspecified atom stereocenters. The Kier molecular flexibility index (Phi) is 4.92. The molecular formula is C20H20FN5O3. The third kappa shape index (κ3) is 3.53. The molecule has 8 nitrogen and oxygen atoms in total. The molecule has 3 amide bonds. The van der Waals surface area contributed by atoms with Crippen LogP contribution in [0.5, 0.6) is 0 Å². The molecule has 2 aliphatic heterocycles. The summed E-state index contributed by atoms with van der Waals surface area (Å²) >= 11 is 0. The predicted molar refractivity (Wildman–Crippen MR) is 102 cm³/mol. The van der Waals surface area contributed by atoms with E-state index in [0.29, 0.717) is 25.3 Å². The Labute approximate surface area is 166 Å². The van der Waals surface area contributed by atoms with Gasteiger partial charge in [0.1, 0.15) is 11.9 Å². The lowest BCUT2D eigenvalue weighted by molar-refractivity contribution is -0.119. The summed E-state index contributed by atoms with van der Waals surface area (Å²) in [5.41, 5.74) is 1.67. The van der Waals surface area contributed by atoms with E-state index in [0.717, 1.165) is 30.2 Å². The topological polar surface area (TPSA) is 102 Å². The van der Waals surface area contributed by atoms with Crippen LogP contribution in [0.1, 0.15) is 43.0 Å². The predicted octanol–water partition coefficient (Wildman–Crippen LogP) is 3.18. The summed E-state index contributed by atoms with van der Waals surface area (Å²) in [5, 5.41) is 15.6. The molecule has 1 saturated heterocycles. The van der Waals surface area contributed by atoms with Gasteiger partial charge in [-0.2, -0.15) is 5.26 Å². The first kappa shape index (κ1) is 18.9. The van der Waals surface area contributed by atoms with Crippen molar-refractivity contribution >= 4 is 23.5 Å². The standard InChI is InChI=1S/C20H20FN5O3/c1-12-8-17-15(19(29-24-17)25-7-3-2-4-18(25)27)11-26(12)20(28)23-14-6-5-13(10-22)16(21)9-14/h5-6,9,12H,2-4,7-8,11H2,1H3,(H,23,28)/t12-/m0/s1. The summed E-state index contributed by atoms with van der Waals surface area (Å²) in [6.45, 7) is 2.71. The van der Waals surface area contributed by atoms with E-state index in [1.165, 1.54) is 12.1 Å². The second-order valence-electron chi connectivity index (χ2n) is 7.33. The van der Waals surface area contributed by atoms with Crippen molar-refractivity contribution in [2.45, 2.75) is 45.2 Å². The summed E-state index contributed by atoms with van der Waals surface area (Å²) in [4.78, 5) is 28.3. The summed E-state index contributed by atoms with van der Waals surface area (Å²) in [5.74, 6) is -0.277. The van der Waals surface area contributed by atoms with Gasteiger partial charge < -0.3 is 14.7 Å².